The largest absolute Gasteiger partial charge is 2.00 e. The number of rotatable bonds is 4. The van der Waals surface area contributed by atoms with E-state index in [1.54, 1.807) is 0 Å². The molecule has 0 aromatic carbocycles. The zero-order valence-corrected chi connectivity index (χ0v) is 22.0. The van der Waals surface area contributed by atoms with Crippen LogP contribution in [-0.2, 0) is 14.3 Å². The normalized spacial score (nSPS) is 42.1. The summed E-state index contributed by atoms with van der Waals surface area (Å²) in [5.41, 5.74) is 1.83. The summed E-state index contributed by atoms with van der Waals surface area (Å²) in [5.74, 6) is 3.28. The molecule has 0 amide bonds. The van der Waals surface area contributed by atoms with Crippen LogP contribution in [0.3, 0.4) is 0 Å². The van der Waals surface area contributed by atoms with Gasteiger partial charge in [-0.1, -0.05) is 45.1 Å². The Morgan fingerprint density at radius 2 is 1.81 bits per heavy atom. The van der Waals surface area contributed by atoms with Gasteiger partial charge in [0.1, 0.15) is 6.10 Å². The van der Waals surface area contributed by atoms with Crippen molar-refractivity contribution in [3.63, 3.8) is 0 Å². The SMILES string of the molecule is C[C@]12CC[C@H]3[C@@H](CCC4=CC(=O)CC[C@@]43C)[C@@H]1CC[C@@H]2OC(=O)CCC1CCCC1.[Ca+2].[H-].[H-]. The molecule has 5 rings (SSSR count). The topological polar surface area (TPSA) is 43.4 Å². The van der Waals surface area contributed by atoms with Crippen LogP contribution in [0.2, 0.25) is 0 Å². The smallest absolute Gasteiger partial charge is 1.00 e. The van der Waals surface area contributed by atoms with E-state index in [-0.39, 0.29) is 63.5 Å². The summed E-state index contributed by atoms with van der Waals surface area (Å²) in [6, 6.07) is 0. The molecule has 3 nitrogen and oxygen atoms in total. The molecule has 170 valence electrons. The minimum absolute atomic E-state index is 0. The van der Waals surface area contributed by atoms with Crippen molar-refractivity contribution in [2.24, 2.45) is 34.5 Å². The third-order valence-electron chi connectivity index (χ3n) is 10.4. The van der Waals surface area contributed by atoms with E-state index in [9.17, 15) is 9.59 Å². The summed E-state index contributed by atoms with van der Waals surface area (Å²) in [5, 5.41) is 0. The monoisotopic (exact) mass is 454 g/mol. The van der Waals surface area contributed by atoms with Crippen LogP contribution in [-0.4, -0.2) is 55.6 Å². The number of ether oxygens (including phenoxy) is 1. The van der Waals surface area contributed by atoms with Gasteiger partial charge in [0.25, 0.3) is 0 Å². The van der Waals surface area contributed by atoms with E-state index in [1.807, 2.05) is 6.08 Å². The van der Waals surface area contributed by atoms with Gasteiger partial charge in [-0.2, -0.15) is 0 Å². The van der Waals surface area contributed by atoms with Crippen LogP contribution < -0.4 is 0 Å². The van der Waals surface area contributed by atoms with Crippen molar-refractivity contribution in [2.75, 3.05) is 0 Å². The summed E-state index contributed by atoms with van der Waals surface area (Å²) in [6.45, 7) is 4.87. The second-order valence-electron chi connectivity index (χ2n) is 11.8. The summed E-state index contributed by atoms with van der Waals surface area (Å²) in [4.78, 5) is 24.7. The van der Waals surface area contributed by atoms with Gasteiger partial charge in [-0.25, -0.2) is 0 Å². The molecule has 5 aliphatic carbocycles. The molecule has 0 N–H and O–H groups in total. The summed E-state index contributed by atoms with van der Waals surface area (Å²) < 4.78 is 6.17. The van der Waals surface area contributed by atoms with Crippen molar-refractivity contribution in [2.45, 2.75) is 110 Å². The minimum Gasteiger partial charge on any atom is -1.00 e. The van der Waals surface area contributed by atoms with Crippen molar-refractivity contribution < 1.29 is 17.2 Å². The van der Waals surface area contributed by atoms with Crippen LogP contribution in [0.25, 0.3) is 0 Å². The minimum atomic E-state index is 0. The van der Waals surface area contributed by atoms with Gasteiger partial charge >= 0.3 is 43.7 Å². The Morgan fingerprint density at radius 1 is 1.03 bits per heavy atom. The fraction of sp³-hybridized carbons (Fsp3) is 0.852. The number of hydrogen-bond acceptors (Lipinski definition) is 3. The number of hydrogen-bond donors (Lipinski definition) is 0. The predicted molar refractivity (Wildman–Crippen MR) is 126 cm³/mol. The second-order valence-corrected chi connectivity index (χ2v) is 11.8. The van der Waals surface area contributed by atoms with E-state index in [2.05, 4.69) is 13.8 Å². The molecule has 5 aliphatic rings. The van der Waals surface area contributed by atoms with Gasteiger partial charge in [0.15, 0.2) is 5.78 Å². The molecular formula is C27H42CaO3. The van der Waals surface area contributed by atoms with Gasteiger partial charge < -0.3 is 7.59 Å². The molecule has 0 saturated heterocycles. The number of fused-ring (bicyclic) bond motifs is 5. The van der Waals surface area contributed by atoms with Gasteiger partial charge in [0, 0.05) is 18.3 Å². The standard InChI is InChI=1S/C27H40O3.Ca.2H/c1-26-15-13-20(28)17-19(26)8-9-21-22-10-11-24(27(22,2)16-14-23(21)26)30-25(29)12-7-18-5-3-4-6-18;;;/h17-18,21-24H,3-16H2,1-2H3;;;/q;+2;2*-1/t21-,22-,23-,24-,26-,27-;;;/m0.../s1. The first kappa shape index (κ1) is 24.3. The Labute approximate surface area is 221 Å². The van der Waals surface area contributed by atoms with Gasteiger partial charge in [0.05, 0.1) is 0 Å². The first-order valence-electron chi connectivity index (χ1n) is 12.8. The van der Waals surface area contributed by atoms with E-state index < -0.39 is 0 Å². The van der Waals surface area contributed by atoms with E-state index in [0.29, 0.717) is 24.0 Å². The molecule has 4 heteroatoms. The number of carbonyl (C=O) groups excluding carboxylic acids is 2. The van der Waals surface area contributed by atoms with Crippen LogP contribution in [0, 0.1) is 34.5 Å². The number of esters is 1. The van der Waals surface area contributed by atoms with Crippen molar-refractivity contribution in [1.29, 1.82) is 0 Å². The summed E-state index contributed by atoms with van der Waals surface area (Å²) >= 11 is 0. The molecule has 0 aliphatic heterocycles. The van der Waals surface area contributed by atoms with Crippen molar-refractivity contribution in [3.05, 3.63) is 11.6 Å². The fourth-order valence-corrected chi connectivity index (χ4v) is 8.54. The van der Waals surface area contributed by atoms with E-state index in [4.69, 9.17) is 4.74 Å². The molecule has 4 fully saturated rings. The predicted octanol–water partition coefficient (Wildman–Crippen LogP) is 6.24. The Kier molecular flexibility index (Phi) is 7.37. The van der Waals surface area contributed by atoms with Gasteiger partial charge in [0.2, 0.25) is 0 Å². The molecule has 31 heavy (non-hydrogen) atoms. The average Bonchev–Trinajstić information content (AvgIpc) is 3.35. The number of ketones is 1. The van der Waals surface area contributed by atoms with Crippen molar-refractivity contribution in [1.82, 2.24) is 0 Å². The van der Waals surface area contributed by atoms with Crippen LogP contribution in [0.15, 0.2) is 11.6 Å². The summed E-state index contributed by atoms with van der Waals surface area (Å²) in [7, 11) is 0. The van der Waals surface area contributed by atoms with Gasteiger partial charge in [-0.05, 0) is 86.5 Å². The number of allylic oxidation sites excluding steroid dienone is 1. The first-order valence-corrected chi connectivity index (χ1v) is 12.8. The molecule has 4 saturated carbocycles. The maximum absolute atomic E-state index is 12.7. The first-order chi connectivity index (χ1) is 14.4. The zero-order chi connectivity index (χ0) is 20.9. The Balaban J connectivity index is 0.00000128. The summed E-state index contributed by atoms with van der Waals surface area (Å²) in [6.07, 6.45) is 17.8. The van der Waals surface area contributed by atoms with Crippen LogP contribution >= 0.6 is 0 Å². The molecule has 0 bridgehead atoms. The molecule has 0 spiro atoms. The maximum Gasteiger partial charge on any atom is 2.00 e. The Morgan fingerprint density at radius 3 is 2.58 bits per heavy atom. The van der Waals surface area contributed by atoms with E-state index in [1.165, 1.54) is 56.9 Å². The van der Waals surface area contributed by atoms with Gasteiger partial charge in [-0.3, -0.25) is 9.59 Å². The third-order valence-corrected chi connectivity index (χ3v) is 10.4. The fourth-order valence-electron chi connectivity index (χ4n) is 8.54. The Hall–Kier alpha value is 0.140. The molecule has 6 atom stereocenters. The molecule has 0 aromatic rings. The zero-order valence-electron chi connectivity index (χ0n) is 21.8. The van der Waals surface area contributed by atoms with E-state index in [0.717, 1.165) is 43.9 Å². The second kappa shape index (κ2) is 9.41. The van der Waals surface area contributed by atoms with Gasteiger partial charge in [-0.15, -0.1) is 0 Å². The van der Waals surface area contributed by atoms with Crippen LogP contribution in [0.4, 0.5) is 0 Å². The average molecular weight is 455 g/mol. The van der Waals surface area contributed by atoms with Crippen LogP contribution in [0.5, 0.6) is 0 Å². The third kappa shape index (κ3) is 4.34. The van der Waals surface area contributed by atoms with Crippen molar-refractivity contribution in [3.8, 4) is 0 Å². The van der Waals surface area contributed by atoms with E-state index >= 15 is 0 Å². The molecule has 0 heterocycles. The molecule has 0 unspecified atom stereocenters. The molecular weight excluding hydrogens is 412 g/mol. The molecule has 0 radical (unpaired) electrons. The maximum atomic E-state index is 12.7. The quantitative estimate of drug-likeness (QED) is 0.373. The Bertz CT molecular complexity index is 750. The van der Waals surface area contributed by atoms with Crippen molar-refractivity contribution >= 4 is 49.5 Å². The molecule has 0 aromatic heterocycles. The van der Waals surface area contributed by atoms with Crippen LogP contribution in [0.1, 0.15) is 107 Å². The number of carbonyl (C=O) groups is 2.